The van der Waals surface area contributed by atoms with Crippen molar-refractivity contribution in [3.05, 3.63) is 88.4 Å². The molecular weight excluding hydrogens is 655 g/mol. The van der Waals surface area contributed by atoms with Gasteiger partial charge in [-0.05, 0) is 65.3 Å². The fraction of sp³-hybridized carbons (Fsp3) is 0.379. The number of hydrogen-bond acceptors (Lipinski definition) is 5. The molecule has 4 rings (SSSR count). The van der Waals surface area contributed by atoms with E-state index in [0.29, 0.717) is 11.6 Å². The van der Waals surface area contributed by atoms with Gasteiger partial charge in [0.15, 0.2) is 0 Å². The SMILES string of the molecule is [C-]#[N+]c1c[c-]n(-c2cc(C(C)(C)C)cc(C(C)(C)c3cc(C(C)(C)C)cc(-n4[c-]cc(C#N)n4)n3)n2)n1.[Pt+2]. The minimum atomic E-state index is -0.604. The summed E-state index contributed by atoms with van der Waals surface area (Å²) in [5, 5.41) is 17.9. The van der Waals surface area contributed by atoms with Crippen LogP contribution in [0.5, 0.6) is 0 Å². The average Bonchev–Trinajstić information content (AvgIpc) is 3.52. The van der Waals surface area contributed by atoms with Crippen LogP contribution in [0.3, 0.4) is 0 Å². The molecule has 0 radical (unpaired) electrons. The van der Waals surface area contributed by atoms with Crippen LogP contribution in [-0.2, 0) is 37.3 Å². The van der Waals surface area contributed by atoms with Crippen molar-refractivity contribution < 1.29 is 21.1 Å². The van der Waals surface area contributed by atoms with E-state index in [1.807, 2.05) is 12.1 Å². The van der Waals surface area contributed by atoms with E-state index in [4.69, 9.17) is 16.5 Å². The van der Waals surface area contributed by atoms with Crippen LogP contribution in [0.4, 0.5) is 5.82 Å². The number of aromatic nitrogens is 6. The first-order valence-electron chi connectivity index (χ1n) is 12.0. The molecule has 0 fully saturated rings. The van der Waals surface area contributed by atoms with Gasteiger partial charge in [0.1, 0.15) is 0 Å². The van der Waals surface area contributed by atoms with E-state index in [1.54, 1.807) is 12.1 Å². The number of pyridine rings is 2. The minimum absolute atomic E-state index is 0. The van der Waals surface area contributed by atoms with Gasteiger partial charge in [-0.15, -0.1) is 6.07 Å². The van der Waals surface area contributed by atoms with E-state index < -0.39 is 5.41 Å². The van der Waals surface area contributed by atoms with E-state index in [1.165, 1.54) is 9.36 Å². The molecule has 0 bridgehead atoms. The first kappa shape index (κ1) is 29.0. The third-order valence-corrected chi connectivity index (χ3v) is 6.35. The second-order valence-corrected chi connectivity index (χ2v) is 11.7. The molecule has 0 aliphatic heterocycles. The van der Waals surface area contributed by atoms with Gasteiger partial charge in [0, 0.05) is 16.8 Å². The molecule has 8 nitrogen and oxygen atoms in total. The van der Waals surface area contributed by atoms with Crippen molar-refractivity contribution >= 4 is 5.82 Å². The molecule has 9 heteroatoms. The molecule has 0 unspecified atom stereocenters. The number of nitriles is 1. The fourth-order valence-electron chi connectivity index (χ4n) is 3.80. The van der Waals surface area contributed by atoms with Crippen LogP contribution in [0.1, 0.15) is 83.6 Å². The summed E-state index contributed by atoms with van der Waals surface area (Å²) in [7, 11) is 0. The molecule has 0 amide bonds. The fourth-order valence-corrected chi connectivity index (χ4v) is 3.80. The van der Waals surface area contributed by atoms with Crippen LogP contribution >= 0.6 is 0 Å². The Morgan fingerprint density at radius 3 is 1.66 bits per heavy atom. The van der Waals surface area contributed by atoms with Crippen molar-refractivity contribution in [3.63, 3.8) is 0 Å². The van der Waals surface area contributed by atoms with Crippen molar-refractivity contribution in [1.82, 2.24) is 29.5 Å². The summed E-state index contributed by atoms with van der Waals surface area (Å²) >= 11 is 0. The Hall–Kier alpha value is -3.61. The first-order chi connectivity index (χ1) is 17.2. The summed E-state index contributed by atoms with van der Waals surface area (Å²) in [4.78, 5) is 13.4. The summed E-state index contributed by atoms with van der Waals surface area (Å²) in [6.07, 6.45) is 6.01. The largest absolute Gasteiger partial charge is 2.00 e. The normalized spacial score (nSPS) is 11.9. The smallest absolute Gasteiger partial charge is 0.342 e. The van der Waals surface area contributed by atoms with Crippen LogP contribution in [0.25, 0.3) is 16.5 Å². The number of hydrogen-bond donors (Lipinski definition) is 0. The van der Waals surface area contributed by atoms with Gasteiger partial charge >= 0.3 is 26.9 Å². The standard InChI is InChI=1S/C29H30N8.Pt/c1-27(2,3)19-14-22(32-25(16-19)36-12-10-21(18-30)34-36)29(7,8)23-15-20(28(4,5)6)17-26(33-23)37-13-11-24(31-9)35-37;/h10-11,14-17H,1-8H3;/q-2;+2. The Balaban J connectivity index is 0.00000400. The molecule has 0 aliphatic rings. The van der Waals surface area contributed by atoms with Crippen LogP contribution in [-0.4, -0.2) is 29.5 Å². The predicted molar refractivity (Wildman–Crippen MR) is 141 cm³/mol. The van der Waals surface area contributed by atoms with Crippen molar-refractivity contribution in [2.45, 2.75) is 71.6 Å². The molecule has 196 valence electrons. The molecule has 38 heavy (non-hydrogen) atoms. The zero-order valence-corrected chi connectivity index (χ0v) is 25.1. The molecule has 0 aromatic carbocycles. The van der Waals surface area contributed by atoms with Crippen LogP contribution in [0, 0.1) is 30.3 Å². The van der Waals surface area contributed by atoms with Crippen molar-refractivity contribution in [1.29, 1.82) is 5.26 Å². The maximum absolute atomic E-state index is 9.24. The molecule has 0 N–H and O–H groups in total. The maximum Gasteiger partial charge on any atom is 2.00 e. The summed E-state index contributed by atoms with van der Waals surface area (Å²) in [6.45, 7) is 24.3. The maximum atomic E-state index is 9.24. The second kappa shape index (κ2) is 10.3. The zero-order chi connectivity index (χ0) is 27.2. The molecule has 0 spiro atoms. The molecule has 4 heterocycles. The van der Waals surface area contributed by atoms with E-state index in [2.05, 4.69) is 101 Å². The monoisotopic (exact) mass is 685 g/mol. The number of nitrogens with zero attached hydrogens (tertiary/aromatic N) is 8. The van der Waals surface area contributed by atoms with Crippen LogP contribution in [0.15, 0.2) is 36.4 Å². The van der Waals surface area contributed by atoms with E-state index in [-0.39, 0.29) is 43.4 Å². The van der Waals surface area contributed by atoms with Gasteiger partial charge in [0.25, 0.3) is 0 Å². The van der Waals surface area contributed by atoms with Gasteiger partial charge in [0.2, 0.25) is 0 Å². The van der Waals surface area contributed by atoms with Crippen molar-refractivity contribution in [3.8, 4) is 17.7 Å². The Labute approximate surface area is 238 Å². The van der Waals surface area contributed by atoms with Crippen molar-refractivity contribution in [2.24, 2.45) is 0 Å². The Morgan fingerprint density at radius 2 is 1.26 bits per heavy atom. The summed E-state index contributed by atoms with van der Waals surface area (Å²) in [6, 6.07) is 13.4. The Morgan fingerprint density at radius 1 is 0.789 bits per heavy atom. The van der Waals surface area contributed by atoms with Gasteiger partial charge in [-0.3, -0.25) is 9.97 Å². The van der Waals surface area contributed by atoms with E-state index in [9.17, 15) is 5.26 Å². The Kier molecular flexibility index (Phi) is 7.83. The Bertz CT molecular complexity index is 1430. The van der Waals surface area contributed by atoms with Gasteiger partial charge < -0.3 is 9.53 Å². The second-order valence-electron chi connectivity index (χ2n) is 11.7. The molecule has 4 aromatic heterocycles. The molecule has 0 aliphatic carbocycles. The number of rotatable bonds is 4. The quantitative estimate of drug-likeness (QED) is 0.254. The molecule has 0 saturated carbocycles. The molecule has 0 saturated heterocycles. The first-order valence-corrected chi connectivity index (χ1v) is 12.0. The molecular formula is C29H30N8Pt. The van der Waals surface area contributed by atoms with Gasteiger partial charge in [-0.1, -0.05) is 66.4 Å². The van der Waals surface area contributed by atoms with E-state index in [0.717, 1.165) is 22.5 Å². The zero-order valence-electron chi connectivity index (χ0n) is 22.9. The van der Waals surface area contributed by atoms with Gasteiger partial charge in [0.05, 0.1) is 23.4 Å². The van der Waals surface area contributed by atoms with E-state index >= 15 is 0 Å². The van der Waals surface area contributed by atoms with Gasteiger partial charge in [-0.2, -0.15) is 0 Å². The van der Waals surface area contributed by atoms with Crippen LogP contribution in [0.2, 0.25) is 0 Å². The molecule has 4 aromatic rings. The minimum Gasteiger partial charge on any atom is -0.342 e. The summed E-state index contributed by atoms with van der Waals surface area (Å²) < 4.78 is 3.04. The topological polar surface area (TPSA) is 89.6 Å². The average molecular weight is 686 g/mol. The summed E-state index contributed by atoms with van der Waals surface area (Å²) in [5.41, 5.74) is 3.16. The summed E-state index contributed by atoms with van der Waals surface area (Å²) in [5.74, 6) is 1.45. The third-order valence-electron chi connectivity index (χ3n) is 6.35. The predicted octanol–water partition coefficient (Wildman–Crippen LogP) is 5.79. The molecule has 0 atom stereocenters. The van der Waals surface area contributed by atoms with Gasteiger partial charge in [-0.25, -0.2) is 15.0 Å². The third kappa shape index (κ3) is 5.77. The van der Waals surface area contributed by atoms with Crippen molar-refractivity contribution in [2.75, 3.05) is 0 Å². The van der Waals surface area contributed by atoms with Crippen LogP contribution < -0.4 is 0 Å².